The second-order valence-electron chi connectivity index (χ2n) is 4.60. The van der Waals surface area contributed by atoms with Crippen molar-refractivity contribution in [2.75, 3.05) is 11.9 Å². The second kappa shape index (κ2) is 7.35. The second-order valence-corrected chi connectivity index (χ2v) is 4.60. The molecular formula is C16H19N5O2. The number of nitrogens with one attached hydrogen (secondary N) is 1. The molecule has 1 aromatic carbocycles. The van der Waals surface area contributed by atoms with Gasteiger partial charge in [-0.2, -0.15) is 5.10 Å². The average molecular weight is 313 g/mol. The number of aryl methyl sites for hydroxylation is 1. The first-order valence-corrected chi connectivity index (χ1v) is 7.36. The van der Waals surface area contributed by atoms with E-state index in [4.69, 9.17) is 5.11 Å². The number of fused-ring (bicyclic) bond motifs is 1. The molecule has 2 N–H and O–H groups in total. The van der Waals surface area contributed by atoms with Gasteiger partial charge in [-0.1, -0.05) is 26.0 Å². The van der Waals surface area contributed by atoms with Crippen LogP contribution in [0.1, 0.15) is 19.4 Å². The zero-order chi connectivity index (χ0) is 16.8. The van der Waals surface area contributed by atoms with E-state index in [0.717, 1.165) is 11.3 Å². The van der Waals surface area contributed by atoms with Crippen LogP contribution in [0.2, 0.25) is 0 Å². The molecule has 0 bridgehead atoms. The van der Waals surface area contributed by atoms with Gasteiger partial charge in [-0.05, 0) is 24.6 Å². The molecule has 0 saturated heterocycles. The van der Waals surface area contributed by atoms with Crippen molar-refractivity contribution < 1.29 is 9.90 Å². The number of hydrogen-bond acceptors (Lipinski definition) is 5. The molecule has 7 nitrogen and oxygen atoms in total. The molecule has 2 aromatic heterocycles. The molecule has 0 fully saturated rings. The van der Waals surface area contributed by atoms with E-state index in [-0.39, 0.29) is 6.54 Å². The van der Waals surface area contributed by atoms with Crippen LogP contribution >= 0.6 is 0 Å². The summed E-state index contributed by atoms with van der Waals surface area (Å²) in [7, 11) is 0. The maximum Gasteiger partial charge on any atom is 0.322 e. The van der Waals surface area contributed by atoms with Crippen LogP contribution in [0.4, 0.5) is 5.82 Å². The van der Waals surface area contributed by atoms with Crippen molar-refractivity contribution in [3.05, 3.63) is 42.4 Å². The minimum atomic E-state index is -0.951. The van der Waals surface area contributed by atoms with Crippen LogP contribution in [0.5, 0.6) is 0 Å². The summed E-state index contributed by atoms with van der Waals surface area (Å²) in [4.78, 5) is 18.9. The first-order valence-electron chi connectivity index (χ1n) is 7.36. The topological polar surface area (TPSA) is 92.9 Å². The molecule has 0 aliphatic rings. The molecule has 0 aliphatic heterocycles. The Labute approximate surface area is 134 Å². The molecule has 0 radical (unpaired) electrons. The smallest absolute Gasteiger partial charge is 0.322 e. The summed E-state index contributed by atoms with van der Waals surface area (Å²) in [6.07, 6.45) is 3.02. The zero-order valence-electron chi connectivity index (χ0n) is 13.3. The molecule has 0 saturated carbocycles. The average Bonchev–Trinajstić information content (AvgIpc) is 2.99. The highest BCUT2D eigenvalue weighted by molar-refractivity contribution is 5.88. The molecule has 7 heteroatoms. The molecule has 0 unspecified atom stereocenters. The summed E-state index contributed by atoms with van der Waals surface area (Å²) in [6, 6.07) is 7.89. The third kappa shape index (κ3) is 3.63. The maximum atomic E-state index is 10.6. The number of anilines is 1. The predicted octanol–water partition coefficient (Wildman–Crippen LogP) is 2.65. The standard InChI is InChI=1S/C14H13N5O2.C2H6/c1-9-3-2-4-10(5-9)19-14-11(6-18-19)13(16-8-17-14)15-7-12(20)21;1-2/h2-6,8H,7H2,1H3,(H,20,21)(H,15,16,17);1-2H3. The highest BCUT2D eigenvalue weighted by Gasteiger charge is 2.11. The van der Waals surface area contributed by atoms with Crippen LogP contribution in [-0.4, -0.2) is 37.4 Å². The van der Waals surface area contributed by atoms with Crippen LogP contribution in [0.25, 0.3) is 16.7 Å². The van der Waals surface area contributed by atoms with Gasteiger partial charge in [-0.25, -0.2) is 14.6 Å². The Morgan fingerprint density at radius 2 is 2.09 bits per heavy atom. The highest BCUT2D eigenvalue weighted by atomic mass is 16.4. The fourth-order valence-electron chi connectivity index (χ4n) is 2.09. The monoisotopic (exact) mass is 313 g/mol. The van der Waals surface area contributed by atoms with Crippen LogP contribution in [0.15, 0.2) is 36.8 Å². The first-order chi connectivity index (χ1) is 11.1. The van der Waals surface area contributed by atoms with E-state index < -0.39 is 5.97 Å². The van der Waals surface area contributed by atoms with Gasteiger partial charge in [-0.15, -0.1) is 0 Å². The zero-order valence-corrected chi connectivity index (χ0v) is 13.3. The van der Waals surface area contributed by atoms with Gasteiger partial charge in [-0.3, -0.25) is 4.79 Å². The molecule has 120 valence electrons. The molecule has 3 rings (SSSR count). The summed E-state index contributed by atoms with van der Waals surface area (Å²) in [6.45, 7) is 5.80. The molecule has 0 aliphatic carbocycles. The Morgan fingerprint density at radius 1 is 1.30 bits per heavy atom. The van der Waals surface area contributed by atoms with Crippen LogP contribution in [0.3, 0.4) is 0 Å². The Bertz CT molecular complexity index is 813. The lowest BCUT2D eigenvalue weighted by Crippen LogP contribution is -2.13. The lowest BCUT2D eigenvalue weighted by Gasteiger charge is -2.05. The van der Waals surface area contributed by atoms with Crippen LogP contribution in [-0.2, 0) is 4.79 Å². The van der Waals surface area contributed by atoms with E-state index >= 15 is 0 Å². The van der Waals surface area contributed by atoms with Crippen molar-refractivity contribution in [3.8, 4) is 5.69 Å². The number of nitrogens with zero attached hydrogens (tertiary/aromatic N) is 4. The number of aromatic nitrogens is 4. The van der Waals surface area contributed by atoms with E-state index in [0.29, 0.717) is 16.9 Å². The van der Waals surface area contributed by atoms with Gasteiger partial charge in [0.2, 0.25) is 0 Å². The Balaban J connectivity index is 0.000000924. The Hall–Kier alpha value is -2.96. The van der Waals surface area contributed by atoms with Gasteiger partial charge in [0.25, 0.3) is 0 Å². The van der Waals surface area contributed by atoms with E-state index in [1.807, 2.05) is 45.0 Å². The SMILES string of the molecule is CC.Cc1cccc(-n2ncc3c(NCC(=O)O)ncnc32)c1. The molecule has 2 heterocycles. The van der Waals surface area contributed by atoms with E-state index in [9.17, 15) is 4.79 Å². The molecule has 0 amide bonds. The highest BCUT2D eigenvalue weighted by Crippen LogP contribution is 2.21. The number of carbonyl (C=O) groups is 1. The number of aliphatic carboxylic acids is 1. The normalized spacial score (nSPS) is 10.0. The van der Waals surface area contributed by atoms with Gasteiger partial charge >= 0.3 is 5.97 Å². The summed E-state index contributed by atoms with van der Waals surface area (Å²) in [5.74, 6) is -0.492. The van der Waals surface area contributed by atoms with E-state index in [1.54, 1.807) is 10.9 Å². The molecular weight excluding hydrogens is 294 g/mol. The quantitative estimate of drug-likeness (QED) is 0.769. The minimum absolute atomic E-state index is 0.207. The summed E-state index contributed by atoms with van der Waals surface area (Å²) >= 11 is 0. The third-order valence-corrected chi connectivity index (χ3v) is 3.02. The fraction of sp³-hybridized carbons (Fsp3) is 0.250. The van der Waals surface area contributed by atoms with Gasteiger partial charge in [0.1, 0.15) is 18.7 Å². The third-order valence-electron chi connectivity index (χ3n) is 3.02. The lowest BCUT2D eigenvalue weighted by atomic mass is 10.2. The number of benzene rings is 1. The van der Waals surface area contributed by atoms with Gasteiger partial charge in [0, 0.05) is 0 Å². The van der Waals surface area contributed by atoms with Crippen molar-refractivity contribution in [1.29, 1.82) is 0 Å². The fourth-order valence-corrected chi connectivity index (χ4v) is 2.09. The first kappa shape index (κ1) is 16.4. The number of hydrogen-bond donors (Lipinski definition) is 2. The van der Waals surface area contributed by atoms with Gasteiger partial charge < -0.3 is 10.4 Å². The summed E-state index contributed by atoms with van der Waals surface area (Å²) in [5.41, 5.74) is 2.64. The van der Waals surface area contributed by atoms with Gasteiger partial charge in [0.15, 0.2) is 5.65 Å². The summed E-state index contributed by atoms with van der Waals surface area (Å²) in [5, 5.41) is 16.5. The lowest BCUT2D eigenvalue weighted by molar-refractivity contribution is -0.134. The Morgan fingerprint density at radius 3 is 2.78 bits per heavy atom. The number of carboxylic acid groups (broad SMARTS) is 1. The van der Waals surface area contributed by atoms with Crippen molar-refractivity contribution in [1.82, 2.24) is 19.7 Å². The van der Waals surface area contributed by atoms with Crippen molar-refractivity contribution in [3.63, 3.8) is 0 Å². The predicted molar refractivity (Wildman–Crippen MR) is 88.9 cm³/mol. The van der Waals surface area contributed by atoms with Crippen molar-refractivity contribution >= 4 is 22.8 Å². The van der Waals surface area contributed by atoms with Crippen LogP contribution in [0, 0.1) is 6.92 Å². The molecule has 0 spiro atoms. The Kier molecular flexibility index (Phi) is 5.24. The van der Waals surface area contributed by atoms with E-state index in [2.05, 4.69) is 20.4 Å². The van der Waals surface area contributed by atoms with Crippen LogP contribution < -0.4 is 5.32 Å². The van der Waals surface area contributed by atoms with E-state index in [1.165, 1.54) is 6.33 Å². The molecule has 23 heavy (non-hydrogen) atoms. The molecule has 0 atom stereocenters. The van der Waals surface area contributed by atoms with Crippen molar-refractivity contribution in [2.24, 2.45) is 0 Å². The molecule has 3 aromatic rings. The number of rotatable bonds is 4. The maximum absolute atomic E-state index is 10.6. The summed E-state index contributed by atoms with van der Waals surface area (Å²) < 4.78 is 1.70. The van der Waals surface area contributed by atoms with Gasteiger partial charge in [0.05, 0.1) is 17.3 Å². The number of carboxylic acids is 1. The van der Waals surface area contributed by atoms with Crippen molar-refractivity contribution in [2.45, 2.75) is 20.8 Å². The largest absolute Gasteiger partial charge is 0.480 e. The minimum Gasteiger partial charge on any atom is -0.480 e.